The van der Waals surface area contributed by atoms with Gasteiger partial charge in [0.2, 0.25) is 5.89 Å². The van der Waals surface area contributed by atoms with Crippen molar-refractivity contribution in [2.45, 2.75) is 51.5 Å². The summed E-state index contributed by atoms with van der Waals surface area (Å²) in [5.74, 6) is 2.48. The van der Waals surface area contributed by atoms with Gasteiger partial charge in [0.05, 0.1) is 6.54 Å². The highest BCUT2D eigenvalue weighted by atomic mass is 32.2. The second kappa shape index (κ2) is 10.2. The first-order chi connectivity index (χ1) is 12.5. The Morgan fingerprint density at radius 2 is 2.12 bits per heavy atom. The van der Waals surface area contributed by atoms with Gasteiger partial charge in [-0.1, -0.05) is 31.1 Å². The molecule has 0 amide bonds. The first kappa shape index (κ1) is 20.3. The van der Waals surface area contributed by atoms with Crippen LogP contribution < -0.4 is 10.6 Å². The van der Waals surface area contributed by atoms with Gasteiger partial charge in [0.15, 0.2) is 11.8 Å². The number of aryl methyl sites for hydroxylation is 1. The van der Waals surface area contributed by atoms with E-state index in [1.807, 2.05) is 0 Å². The largest absolute Gasteiger partial charge is 0.357 e. The highest BCUT2D eigenvalue weighted by Crippen LogP contribution is 2.22. The Hall–Kier alpha value is -2.02. The Balaban J connectivity index is 1.93. The summed E-state index contributed by atoms with van der Waals surface area (Å²) < 4.78 is 5.27. The molecule has 6 nitrogen and oxygen atoms in total. The molecule has 0 aliphatic carbocycles. The third kappa shape index (κ3) is 6.05. The predicted molar refractivity (Wildman–Crippen MR) is 108 cm³/mol. The minimum atomic E-state index is 0.277. The molecule has 0 fully saturated rings. The van der Waals surface area contributed by atoms with Gasteiger partial charge in [0.1, 0.15) is 0 Å². The molecule has 0 atom stereocenters. The van der Waals surface area contributed by atoms with Gasteiger partial charge >= 0.3 is 0 Å². The number of hydrogen-bond acceptors (Lipinski definition) is 5. The van der Waals surface area contributed by atoms with Crippen LogP contribution in [0.1, 0.15) is 49.5 Å². The van der Waals surface area contributed by atoms with Gasteiger partial charge < -0.3 is 15.2 Å². The van der Waals surface area contributed by atoms with Crippen molar-refractivity contribution in [2.75, 3.05) is 19.3 Å². The molecule has 1 aromatic carbocycles. The number of hydrogen-bond donors (Lipinski definition) is 2. The van der Waals surface area contributed by atoms with E-state index in [4.69, 9.17) is 9.52 Å². The van der Waals surface area contributed by atoms with Crippen molar-refractivity contribution < 1.29 is 4.52 Å². The second-order valence-corrected chi connectivity index (χ2v) is 7.24. The molecule has 2 aromatic rings. The smallest absolute Gasteiger partial charge is 0.228 e. The maximum Gasteiger partial charge on any atom is 0.228 e. The monoisotopic (exact) mass is 375 g/mol. The average Bonchev–Trinajstić information content (AvgIpc) is 3.09. The molecule has 1 heterocycles. The number of nitrogens with zero attached hydrogens (tertiary/aromatic N) is 3. The summed E-state index contributed by atoms with van der Waals surface area (Å²) in [7, 11) is 0. The molecule has 1 aromatic heterocycles. The van der Waals surface area contributed by atoms with E-state index < -0.39 is 0 Å². The maximum atomic E-state index is 5.27. The van der Waals surface area contributed by atoms with E-state index >= 15 is 0 Å². The zero-order valence-corrected chi connectivity index (χ0v) is 17.1. The Kier molecular flexibility index (Phi) is 7.97. The molecule has 2 rings (SSSR count). The Morgan fingerprint density at radius 1 is 1.31 bits per heavy atom. The van der Waals surface area contributed by atoms with Crippen molar-refractivity contribution in [1.82, 2.24) is 20.8 Å². The van der Waals surface area contributed by atoms with E-state index in [1.165, 1.54) is 16.0 Å². The molecule has 142 valence electrons. The summed E-state index contributed by atoms with van der Waals surface area (Å²) in [6.07, 6.45) is 2.77. The third-order valence-corrected chi connectivity index (χ3v) is 4.65. The molecule has 0 saturated heterocycles. The van der Waals surface area contributed by atoms with Crippen molar-refractivity contribution in [3.8, 4) is 0 Å². The Bertz CT molecular complexity index is 726. The molecule has 26 heavy (non-hydrogen) atoms. The van der Waals surface area contributed by atoms with Crippen molar-refractivity contribution in [3.05, 3.63) is 41.0 Å². The van der Waals surface area contributed by atoms with E-state index in [2.05, 4.69) is 72.9 Å². The predicted octanol–water partition coefficient (Wildman–Crippen LogP) is 3.52. The van der Waals surface area contributed by atoms with Gasteiger partial charge in [-0.25, -0.2) is 4.99 Å². The van der Waals surface area contributed by atoms with E-state index in [0.717, 1.165) is 18.3 Å². The standard InChI is InChI=1S/C19H29N5OS/c1-6-20-19(21-10-9-17-23-18(13(2)3)24-25-17)22-12-15-8-7-14(4)11-16(15)26-5/h7-8,11,13H,6,9-10,12H2,1-5H3,(H2,20,21,22). The molecule has 0 radical (unpaired) electrons. The number of thioether (sulfide) groups is 1. The van der Waals surface area contributed by atoms with E-state index in [9.17, 15) is 0 Å². The summed E-state index contributed by atoms with van der Waals surface area (Å²) in [6, 6.07) is 6.49. The lowest BCUT2D eigenvalue weighted by Gasteiger charge is -2.11. The van der Waals surface area contributed by atoms with Gasteiger partial charge in [0.25, 0.3) is 0 Å². The first-order valence-electron chi connectivity index (χ1n) is 9.01. The van der Waals surface area contributed by atoms with Crippen LogP contribution in [0.2, 0.25) is 0 Å². The van der Waals surface area contributed by atoms with Crippen LogP contribution in [0.3, 0.4) is 0 Å². The minimum Gasteiger partial charge on any atom is -0.357 e. The number of nitrogens with one attached hydrogen (secondary N) is 2. The molecule has 0 aliphatic heterocycles. The normalized spacial score (nSPS) is 11.8. The van der Waals surface area contributed by atoms with Crippen molar-refractivity contribution in [2.24, 2.45) is 4.99 Å². The van der Waals surface area contributed by atoms with Crippen molar-refractivity contribution >= 4 is 17.7 Å². The minimum absolute atomic E-state index is 0.277. The Morgan fingerprint density at radius 3 is 2.77 bits per heavy atom. The van der Waals surface area contributed by atoms with E-state index in [0.29, 0.717) is 25.4 Å². The Labute approximate surface area is 160 Å². The van der Waals surface area contributed by atoms with E-state index in [1.54, 1.807) is 11.8 Å². The zero-order valence-electron chi connectivity index (χ0n) is 16.3. The lowest BCUT2D eigenvalue weighted by molar-refractivity contribution is 0.371. The molecule has 0 spiro atoms. The van der Waals surface area contributed by atoms with Gasteiger partial charge in [-0.3, -0.25) is 0 Å². The molecular formula is C19H29N5OS. The summed E-state index contributed by atoms with van der Waals surface area (Å²) in [4.78, 5) is 10.4. The SMILES string of the molecule is CCNC(=NCc1ccc(C)cc1SC)NCCc1nc(C(C)C)no1. The van der Waals surface area contributed by atoms with Gasteiger partial charge in [-0.2, -0.15) is 4.98 Å². The molecular weight excluding hydrogens is 346 g/mol. The quantitative estimate of drug-likeness (QED) is 0.418. The fourth-order valence-corrected chi connectivity index (χ4v) is 3.08. The van der Waals surface area contributed by atoms with Crippen LogP contribution in [-0.4, -0.2) is 35.4 Å². The molecule has 0 bridgehead atoms. The number of aliphatic imine (C=N–C) groups is 1. The van der Waals surface area contributed by atoms with E-state index in [-0.39, 0.29) is 5.92 Å². The van der Waals surface area contributed by atoms with Crippen LogP contribution in [0.15, 0.2) is 32.6 Å². The van der Waals surface area contributed by atoms with Crippen molar-refractivity contribution in [3.63, 3.8) is 0 Å². The van der Waals surface area contributed by atoms with Crippen LogP contribution in [0.4, 0.5) is 0 Å². The lowest BCUT2D eigenvalue weighted by Crippen LogP contribution is -2.38. The maximum absolute atomic E-state index is 5.27. The molecule has 7 heteroatoms. The van der Waals surface area contributed by atoms with Gasteiger partial charge in [-0.15, -0.1) is 11.8 Å². The highest BCUT2D eigenvalue weighted by Gasteiger charge is 2.09. The fourth-order valence-electron chi connectivity index (χ4n) is 2.38. The summed E-state index contributed by atoms with van der Waals surface area (Å²) in [5.41, 5.74) is 2.51. The molecule has 2 N–H and O–H groups in total. The molecule has 0 aliphatic rings. The first-order valence-corrected chi connectivity index (χ1v) is 10.2. The average molecular weight is 376 g/mol. The zero-order chi connectivity index (χ0) is 18.9. The van der Waals surface area contributed by atoms with Crippen LogP contribution in [-0.2, 0) is 13.0 Å². The van der Waals surface area contributed by atoms with Crippen molar-refractivity contribution in [1.29, 1.82) is 0 Å². The van der Waals surface area contributed by atoms with Crippen LogP contribution in [0.25, 0.3) is 0 Å². The lowest BCUT2D eigenvalue weighted by atomic mass is 10.1. The van der Waals surface area contributed by atoms with Gasteiger partial charge in [-0.05, 0) is 37.3 Å². The molecule has 0 unspecified atom stereocenters. The number of guanidine groups is 1. The summed E-state index contributed by atoms with van der Waals surface area (Å²) in [6.45, 7) is 10.4. The topological polar surface area (TPSA) is 75.3 Å². The fraction of sp³-hybridized carbons (Fsp3) is 0.526. The summed E-state index contributed by atoms with van der Waals surface area (Å²) in [5, 5.41) is 10.6. The van der Waals surface area contributed by atoms with Crippen LogP contribution >= 0.6 is 11.8 Å². The number of aromatic nitrogens is 2. The second-order valence-electron chi connectivity index (χ2n) is 6.39. The number of rotatable bonds is 8. The molecule has 0 saturated carbocycles. The van der Waals surface area contributed by atoms with Crippen LogP contribution in [0, 0.1) is 6.92 Å². The highest BCUT2D eigenvalue weighted by molar-refractivity contribution is 7.98. The van der Waals surface area contributed by atoms with Gasteiger partial charge in [0, 0.05) is 30.3 Å². The summed E-state index contributed by atoms with van der Waals surface area (Å²) >= 11 is 1.76. The number of benzene rings is 1. The third-order valence-electron chi connectivity index (χ3n) is 3.83. The van der Waals surface area contributed by atoms with Crippen LogP contribution in [0.5, 0.6) is 0 Å².